The van der Waals surface area contributed by atoms with Crippen LogP contribution in [0.4, 0.5) is 0 Å². The van der Waals surface area contributed by atoms with Crippen molar-refractivity contribution in [2.75, 3.05) is 0 Å². The molecule has 2 aliphatic carbocycles. The van der Waals surface area contributed by atoms with E-state index in [9.17, 15) is 0 Å². The van der Waals surface area contributed by atoms with Crippen molar-refractivity contribution < 1.29 is 0 Å². The highest BCUT2D eigenvalue weighted by atomic mass is 15.0. The van der Waals surface area contributed by atoms with Crippen LogP contribution in [0.3, 0.4) is 0 Å². The van der Waals surface area contributed by atoms with Gasteiger partial charge in [0, 0.05) is 12.1 Å². The van der Waals surface area contributed by atoms with Gasteiger partial charge in [-0.1, -0.05) is 13.3 Å². The van der Waals surface area contributed by atoms with Crippen LogP contribution in [0.2, 0.25) is 0 Å². The molecule has 0 spiro atoms. The fourth-order valence-corrected chi connectivity index (χ4v) is 4.07. The third-order valence-electron chi connectivity index (χ3n) is 4.55. The molecule has 1 saturated heterocycles. The summed E-state index contributed by atoms with van der Waals surface area (Å²) >= 11 is 0. The third-order valence-corrected chi connectivity index (χ3v) is 4.55. The van der Waals surface area contributed by atoms with Crippen molar-refractivity contribution in [3.05, 3.63) is 0 Å². The number of nitrogens with one attached hydrogen (secondary N) is 1. The monoisotopic (exact) mass is 165 g/mol. The molecule has 3 aliphatic rings. The highest BCUT2D eigenvalue weighted by Crippen LogP contribution is 2.48. The number of hydrogen-bond acceptors (Lipinski definition) is 1. The molecule has 12 heavy (non-hydrogen) atoms. The highest BCUT2D eigenvalue weighted by molar-refractivity contribution is 5.04. The molecular weight excluding hydrogens is 146 g/mol. The van der Waals surface area contributed by atoms with Gasteiger partial charge in [-0.3, -0.25) is 0 Å². The van der Waals surface area contributed by atoms with Crippen molar-refractivity contribution in [3.63, 3.8) is 0 Å². The lowest BCUT2D eigenvalue weighted by Gasteiger charge is -2.20. The summed E-state index contributed by atoms with van der Waals surface area (Å²) in [4.78, 5) is 0. The predicted octanol–water partition coefficient (Wildman–Crippen LogP) is 2.17. The maximum absolute atomic E-state index is 3.85. The van der Waals surface area contributed by atoms with Gasteiger partial charge in [-0.2, -0.15) is 0 Å². The van der Waals surface area contributed by atoms with Crippen LogP contribution in [0, 0.1) is 17.8 Å². The molecule has 5 atom stereocenters. The SMILES string of the molecule is CC1CCC2NC3CCCC3C12. The van der Waals surface area contributed by atoms with Gasteiger partial charge in [-0.25, -0.2) is 0 Å². The van der Waals surface area contributed by atoms with Gasteiger partial charge in [0.15, 0.2) is 0 Å². The Hall–Kier alpha value is -0.0400. The Morgan fingerprint density at radius 3 is 2.83 bits per heavy atom. The standard InChI is InChI=1S/C11H19N/c1-7-5-6-10-11(7)8-3-2-4-9(8)12-10/h7-12H,2-6H2,1H3. The first-order valence-corrected chi connectivity index (χ1v) is 5.62. The second-order valence-corrected chi connectivity index (χ2v) is 5.11. The molecule has 68 valence electrons. The van der Waals surface area contributed by atoms with Gasteiger partial charge in [0.25, 0.3) is 0 Å². The molecule has 1 N–H and O–H groups in total. The number of rotatable bonds is 0. The van der Waals surface area contributed by atoms with E-state index in [0.717, 1.165) is 29.8 Å². The minimum Gasteiger partial charge on any atom is -0.311 e. The summed E-state index contributed by atoms with van der Waals surface area (Å²) in [5.41, 5.74) is 0. The van der Waals surface area contributed by atoms with Crippen LogP contribution in [0.25, 0.3) is 0 Å². The van der Waals surface area contributed by atoms with E-state index in [1.54, 1.807) is 0 Å². The zero-order chi connectivity index (χ0) is 8.13. The lowest BCUT2D eigenvalue weighted by atomic mass is 9.84. The third kappa shape index (κ3) is 0.834. The van der Waals surface area contributed by atoms with Crippen LogP contribution in [0.15, 0.2) is 0 Å². The topological polar surface area (TPSA) is 12.0 Å². The van der Waals surface area contributed by atoms with Crippen molar-refractivity contribution in [1.29, 1.82) is 0 Å². The first-order chi connectivity index (χ1) is 5.86. The van der Waals surface area contributed by atoms with Crippen LogP contribution in [-0.2, 0) is 0 Å². The zero-order valence-electron chi connectivity index (χ0n) is 7.92. The molecule has 5 unspecified atom stereocenters. The first-order valence-electron chi connectivity index (χ1n) is 5.62. The second kappa shape index (κ2) is 2.47. The van der Waals surface area contributed by atoms with Gasteiger partial charge in [0.05, 0.1) is 0 Å². The minimum atomic E-state index is 0.912. The molecule has 0 aromatic rings. The second-order valence-electron chi connectivity index (χ2n) is 5.11. The van der Waals surface area contributed by atoms with Crippen molar-refractivity contribution >= 4 is 0 Å². The summed E-state index contributed by atoms with van der Waals surface area (Å²) in [5.74, 6) is 3.13. The molecule has 1 nitrogen and oxygen atoms in total. The molecular formula is C11H19N. The molecule has 0 bridgehead atoms. The fourth-order valence-electron chi connectivity index (χ4n) is 4.07. The van der Waals surface area contributed by atoms with Gasteiger partial charge in [-0.15, -0.1) is 0 Å². The van der Waals surface area contributed by atoms with Gasteiger partial charge >= 0.3 is 0 Å². The lowest BCUT2D eigenvalue weighted by Crippen LogP contribution is -2.28. The van der Waals surface area contributed by atoms with Crippen LogP contribution in [0.1, 0.15) is 39.0 Å². The molecule has 2 saturated carbocycles. The van der Waals surface area contributed by atoms with Gasteiger partial charge < -0.3 is 5.32 Å². The van der Waals surface area contributed by atoms with Crippen molar-refractivity contribution in [2.45, 2.75) is 51.1 Å². The van der Waals surface area contributed by atoms with Crippen molar-refractivity contribution in [1.82, 2.24) is 5.32 Å². The van der Waals surface area contributed by atoms with E-state index in [1.165, 1.54) is 32.1 Å². The molecule has 3 fully saturated rings. The summed E-state index contributed by atoms with van der Waals surface area (Å²) in [7, 11) is 0. The summed E-state index contributed by atoms with van der Waals surface area (Å²) in [6.45, 7) is 2.47. The van der Waals surface area contributed by atoms with E-state index in [1.807, 2.05) is 0 Å². The maximum atomic E-state index is 3.85. The van der Waals surface area contributed by atoms with Crippen LogP contribution in [-0.4, -0.2) is 12.1 Å². The Morgan fingerprint density at radius 2 is 1.92 bits per heavy atom. The van der Waals surface area contributed by atoms with Crippen LogP contribution >= 0.6 is 0 Å². The summed E-state index contributed by atoms with van der Waals surface area (Å²) in [6.07, 6.45) is 7.40. The molecule has 1 aliphatic heterocycles. The van der Waals surface area contributed by atoms with Gasteiger partial charge in [-0.05, 0) is 43.4 Å². The van der Waals surface area contributed by atoms with E-state index in [-0.39, 0.29) is 0 Å². The van der Waals surface area contributed by atoms with E-state index in [0.29, 0.717) is 0 Å². The normalized spacial score (nSPS) is 57.2. The quantitative estimate of drug-likeness (QED) is 0.580. The fraction of sp³-hybridized carbons (Fsp3) is 1.00. The predicted molar refractivity (Wildman–Crippen MR) is 49.9 cm³/mol. The highest BCUT2D eigenvalue weighted by Gasteiger charge is 2.49. The average Bonchev–Trinajstić information content (AvgIpc) is 2.61. The Bertz CT molecular complexity index is 189. The Morgan fingerprint density at radius 1 is 1.00 bits per heavy atom. The van der Waals surface area contributed by atoms with E-state index < -0.39 is 0 Å². The molecule has 0 aromatic heterocycles. The number of hydrogen-bond donors (Lipinski definition) is 1. The maximum Gasteiger partial charge on any atom is 0.0104 e. The zero-order valence-corrected chi connectivity index (χ0v) is 7.92. The first kappa shape index (κ1) is 7.37. The molecule has 3 rings (SSSR count). The Labute approximate surface area is 74.9 Å². The lowest BCUT2D eigenvalue weighted by molar-refractivity contribution is 0.307. The Kier molecular flexibility index (Phi) is 1.52. The smallest absolute Gasteiger partial charge is 0.0104 e. The minimum absolute atomic E-state index is 0.912. The van der Waals surface area contributed by atoms with Crippen LogP contribution < -0.4 is 5.32 Å². The summed E-state index contributed by atoms with van der Waals surface area (Å²) in [6, 6.07) is 1.83. The van der Waals surface area contributed by atoms with Crippen molar-refractivity contribution in [3.8, 4) is 0 Å². The van der Waals surface area contributed by atoms with E-state index in [2.05, 4.69) is 12.2 Å². The average molecular weight is 165 g/mol. The summed E-state index contributed by atoms with van der Waals surface area (Å²) < 4.78 is 0. The van der Waals surface area contributed by atoms with Crippen molar-refractivity contribution in [2.24, 2.45) is 17.8 Å². The van der Waals surface area contributed by atoms with E-state index in [4.69, 9.17) is 0 Å². The molecule has 1 heterocycles. The van der Waals surface area contributed by atoms with Gasteiger partial charge in [0.1, 0.15) is 0 Å². The largest absolute Gasteiger partial charge is 0.311 e. The number of fused-ring (bicyclic) bond motifs is 3. The molecule has 0 amide bonds. The molecule has 0 radical (unpaired) electrons. The van der Waals surface area contributed by atoms with Gasteiger partial charge in [0.2, 0.25) is 0 Å². The Balaban J connectivity index is 1.85. The summed E-state index contributed by atoms with van der Waals surface area (Å²) in [5, 5.41) is 3.85. The van der Waals surface area contributed by atoms with Crippen LogP contribution in [0.5, 0.6) is 0 Å². The molecule has 0 aromatic carbocycles. The van der Waals surface area contributed by atoms with E-state index >= 15 is 0 Å². The molecule has 1 heteroatoms.